The molecule has 122 valence electrons. The van der Waals surface area contributed by atoms with E-state index >= 15 is 0 Å². The molecule has 23 heavy (non-hydrogen) atoms. The monoisotopic (exact) mass is 334 g/mol. The molecule has 1 aromatic carbocycles. The smallest absolute Gasteiger partial charge is 0.237 e. The third-order valence-electron chi connectivity index (χ3n) is 4.87. The molecule has 0 aliphatic carbocycles. The summed E-state index contributed by atoms with van der Waals surface area (Å²) in [4.78, 5) is 4.74. The van der Waals surface area contributed by atoms with Crippen LogP contribution in [0, 0.1) is 0 Å². The molecule has 0 radical (unpaired) electrons. The van der Waals surface area contributed by atoms with Crippen molar-refractivity contribution in [3.63, 3.8) is 0 Å². The molecule has 2 saturated heterocycles. The number of ether oxygens (including phenoxy) is 2. The van der Waals surface area contributed by atoms with Gasteiger partial charge in [0.1, 0.15) is 0 Å². The third-order valence-corrected chi connectivity index (χ3v) is 5.10. The van der Waals surface area contributed by atoms with E-state index in [1.807, 2.05) is 18.2 Å². The lowest BCUT2D eigenvalue weighted by Crippen LogP contribution is -2.35. The van der Waals surface area contributed by atoms with Gasteiger partial charge in [-0.15, -0.1) is 0 Å². The summed E-state index contributed by atoms with van der Waals surface area (Å²) in [7, 11) is 0. The van der Waals surface area contributed by atoms with E-state index in [2.05, 4.69) is 11.2 Å². The SMILES string of the molecule is Clc1cccc(C2(c3nc(C4CCOC4)no3)CCOCC2)c1. The van der Waals surface area contributed by atoms with Gasteiger partial charge < -0.3 is 14.0 Å². The summed E-state index contributed by atoms with van der Waals surface area (Å²) < 4.78 is 16.7. The maximum absolute atomic E-state index is 6.21. The van der Waals surface area contributed by atoms with Crippen LogP contribution in [0.15, 0.2) is 28.8 Å². The molecule has 1 aromatic heterocycles. The largest absolute Gasteiger partial charge is 0.381 e. The van der Waals surface area contributed by atoms with Crippen LogP contribution in [0.25, 0.3) is 0 Å². The Balaban J connectivity index is 1.73. The molecule has 2 aromatic rings. The van der Waals surface area contributed by atoms with Crippen molar-refractivity contribution in [3.8, 4) is 0 Å². The van der Waals surface area contributed by atoms with E-state index in [0.29, 0.717) is 25.7 Å². The molecule has 4 rings (SSSR count). The molecule has 2 fully saturated rings. The molecule has 6 heteroatoms. The molecule has 1 atom stereocenters. The van der Waals surface area contributed by atoms with E-state index in [1.54, 1.807) is 0 Å². The Morgan fingerprint density at radius 2 is 2.00 bits per heavy atom. The molecule has 0 amide bonds. The number of benzene rings is 1. The van der Waals surface area contributed by atoms with Crippen molar-refractivity contribution in [2.24, 2.45) is 0 Å². The first-order chi connectivity index (χ1) is 11.3. The van der Waals surface area contributed by atoms with Crippen LogP contribution in [-0.4, -0.2) is 36.6 Å². The van der Waals surface area contributed by atoms with Crippen LogP contribution < -0.4 is 0 Å². The second-order valence-electron chi connectivity index (χ2n) is 6.22. The number of aromatic nitrogens is 2. The van der Waals surface area contributed by atoms with Gasteiger partial charge in [0, 0.05) is 30.8 Å². The van der Waals surface area contributed by atoms with Crippen LogP contribution in [0.5, 0.6) is 0 Å². The molecule has 0 spiro atoms. The van der Waals surface area contributed by atoms with Gasteiger partial charge in [0.2, 0.25) is 5.89 Å². The van der Waals surface area contributed by atoms with Crippen molar-refractivity contribution in [1.82, 2.24) is 10.1 Å². The molecular weight excluding hydrogens is 316 g/mol. The second-order valence-corrected chi connectivity index (χ2v) is 6.66. The van der Waals surface area contributed by atoms with Crippen LogP contribution in [0.2, 0.25) is 5.02 Å². The lowest BCUT2D eigenvalue weighted by atomic mass is 9.74. The fourth-order valence-electron chi connectivity index (χ4n) is 3.47. The molecular formula is C17H19ClN2O3. The maximum atomic E-state index is 6.21. The minimum atomic E-state index is -0.312. The highest BCUT2D eigenvalue weighted by molar-refractivity contribution is 6.30. The molecule has 5 nitrogen and oxygen atoms in total. The van der Waals surface area contributed by atoms with E-state index in [9.17, 15) is 0 Å². The fourth-order valence-corrected chi connectivity index (χ4v) is 3.66. The van der Waals surface area contributed by atoms with Crippen LogP contribution in [0.1, 0.15) is 42.5 Å². The lowest BCUT2D eigenvalue weighted by molar-refractivity contribution is 0.0523. The van der Waals surface area contributed by atoms with Crippen LogP contribution in [-0.2, 0) is 14.9 Å². The Morgan fingerprint density at radius 1 is 1.13 bits per heavy atom. The summed E-state index contributed by atoms with van der Waals surface area (Å²) >= 11 is 6.21. The molecule has 2 aliphatic heterocycles. The Kier molecular flexibility index (Phi) is 4.09. The van der Waals surface area contributed by atoms with Crippen molar-refractivity contribution in [2.75, 3.05) is 26.4 Å². The zero-order valence-electron chi connectivity index (χ0n) is 12.8. The number of rotatable bonds is 3. The van der Waals surface area contributed by atoms with E-state index in [-0.39, 0.29) is 11.3 Å². The molecule has 0 saturated carbocycles. The van der Waals surface area contributed by atoms with E-state index < -0.39 is 0 Å². The van der Waals surface area contributed by atoms with Gasteiger partial charge in [-0.05, 0) is 37.0 Å². The molecule has 0 N–H and O–H groups in total. The average Bonchev–Trinajstić information content (AvgIpc) is 3.27. The van der Waals surface area contributed by atoms with Gasteiger partial charge in [0.05, 0.1) is 12.0 Å². The van der Waals surface area contributed by atoms with Crippen molar-refractivity contribution < 1.29 is 14.0 Å². The Hall–Kier alpha value is -1.43. The Labute approximate surface area is 139 Å². The maximum Gasteiger partial charge on any atom is 0.237 e. The van der Waals surface area contributed by atoms with Gasteiger partial charge in [0.25, 0.3) is 0 Å². The topological polar surface area (TPSA) is 57.4 Å². The van der Waals surface area contributed by atoms with Crippen molar-refractivity contribution >= 4 is 11.6 Å². The first kappa shape index (κ1) is 15.1. The highest BCUT2D eigenvalue weighted by Gasteiger charge is 2.42. The first-order valence-electron chi connectivity index (χ1n) is 8.03. The van der Waals surface area contributed by atoms with E-state index in [0.717, 1.165) is 42.3 Å². The van der Waals surface area contributed by atoms with Crippen molar-refractivity contribution in [1.29, 1.82) is 0 Å². The standard InChI is InChI=1S/C17H19ClN2O3/c18-14-3-1-2-13(10-14)17(5-8-21-9-6-17)16-19-15(20-23-16)12-4-7-22-11-12/h1-3,10,12H,4-9,11H2. The predicted molar refractivity (Wildman–Crippen MR) is 84.8 cm³/mol. The summed E-state index contributed by atoms with van der Waals surface area (Å²) in [5, 5.41) is 4.95. The van der Waals surface area contributed by atoms with E-state index in [4.69, 9.17) is 30.6 Å². The molecule has 3 heterocycles. The van der Waals surface area contributed by atoms with Crippen LogP contribution in [0.4, 0.5) is 0 Å². The first-order valence-corrected chi connectivity index (χ1v) is 8.41. The highest BCUT2D eigenvalue weighted by Crippen LogP contribution is 2.41. The van der Waals surface area contributed by atoms with Crippen molar-refractivity contribution in [2.45, 2.75) is 30.6 Å². The highest BCUT2D eigenvalue weighted by atomic mass is 35.5. The number of nitrogens with zero attached hydrogens (tertiary/aromatic N) is 2. The number of hydrogen-bond donors (Lipinski definition) is 0. The quantitative estimate of drug-likeness (QED) is 0.861. The summed E-state index contributed by atoms with van der Waals surface area (Å²) in [6, 6.07) is 7.93. The predicted octanol–water partition coefficient (Wildman–Crippen LogP) is 3.32. The molecule has 0 bridgehead atoms. The van der Waals surface area contributed by atoms with Gasteiger partial charge in [-0.2, -0.15) is 4.98 Å². The number of hydrogen-bond acceptors (Lipinski definition) is 5. The lowest BCUT2D eigenvalue weighted by Gasteiger charge is -2.34. The molecule has 2 aliphatic rings. The minimum Gasteiger partial charge on any atom is -0.381 e. The van der Waals surface area contributed by atoms with Gasteiger partial charge in [-0.25, -0.2) is 0 Å². The average molecular weight is 335 g/mol. The van der Waals surface area contributed by atoms with Gasteiger partial charge in [-0.3, -0.25) is 0 Å². The Morgan fingerprint density at radius 3 is 2.74 bits per heavy atom. The summed E-state index contributed by atoms with van der Waals surface area (Å²) in [6.07, 6.45) is 2.58. The van der Waals surface area contributed by atoms with Crippen molar-refractivity contribution in [3.05, 3.63) is 46.6 Å². The number of halogens is 1. The fraction of sp³-hybridized carbons (Fsp3) is 0.529. The van der Waals surface area contributed by atoms with Crippen LogP contribution in [0.3, 0.4) is 0 Å². The minimum absolute atomic E-state index is 0.240. The summed E-state index contributed by atoms with van der Waals surface area (Å²) in [5.74, 6) is 1.67. The second kappa shape index (κ2) is 6.23. The van der Waals surface area contributed by atoms with Gasteiger partial charge in [-0.1, -0.05) is 28.9 Å². The van der Waals surface area contributed by atoms with Crippen LogP contribution >= 0.6 is 11.6 Å². The summed E-state index contributed by atoms with van der Waals surface area (Å²) in [5.41, 5.74) is 0.805. The Bertz CT molecular complexity index is 676. The third kappa shape index (κ3) is 2.77. The zero-order chi connectivity index (χ0) is 15.7. The van der Waals surface area contributed by atoms with Gasteiger partial charge >= 0.3 is 0 Å². The van der Waals surface area contributed by atoms with Gasteiger partial charge in [0.15, 0.2) is 5.82 Å². The molecule has 1 unspecified atom stereocenters. The normalized spacial score (nSPS) is 24.0. The van der Waals surface area contributed by atoms with E-state index in [1.165, 1.54) is 0 Å². The summed E-state index contributed by atoms with van der Waals surface area (Å²) in [6.45, 7) is 2.79. The zero-order valence-corrected chi connectivity index (χ0v) is 13.6.